The van der Waals surface area contributed by atoms with Gasteiger partial charge in [0.2, 0.25) is 0 Å². The summed E-state index contributed by atoms with van der Waals surface area (Å²) in [4.78, 5) is 0. The average Bonchev–Trinajstić information content (AvgIpc) is 1.86. The van der Waals surface area contributed by atoms with Crippen LogP contribution in [-0.4, -0.2) is 19.1 Å². The van der Waals surface area contributed by atoms with Crippen LogP contribution in [0.3, 0.4) is 0 Å². The summed E-state index contributed by atoms with van der Waals surface area (Å²) >= 11 is 0. The smallest absolute Gasteiger partial charge is 0.00533 e. The number of nitrogens with one attached hydrogen (secondary N) is 1. The van der Waals surface area contributed by atoms with E-state index in [0.29, 0.717) is 6.04 Å². The molecule has 0 radical (unpaired) electrons. The second-order valence-electron chi connectivity index (χ2n) is 3.53. The molecule has 2 nitrogen and oxygen atoms in total. The number of hydrogen-bond donors (Lipinski definition) is 2. The van der Waals surface area contributed by atoms with Gasteiger partial charge in [-0.1, -0.05) is 20.8 Å². The van der Waals surface area contributed by atoms with Crippen LogP contribution in [0.2, 0.25) is 0 Å². The molecule has 0 aromatic carbocycles. The predicted molar refractivity (Wildman–Crippen MR) is 50.6 cm³/mol. The van der Waals surface area contributed by atoms with Crippen molar-refractivity contribution in [2.75, 3.05) is 13.1 Å². The van der Waals surface area contributed by atoms with Gasteiger partial charge in [0.05, 0.1) is 0 Å². The molecule has 0 bridgehead atoms. The highest BCUT2D eigenvalue weighted by Crippen LogP contribution is 2.04. The molecule has 0 aromatic heterocycles. The van der Waals surface area contributed by atoms with Crippen LogP contribution >= 0.6 is 0 Å². The van der Waals surface area contributed by atoms with Crippen molar-refractivity contribution in [1.29, 1.82) is 0 Å². The third-order valence-corrected chi connectivity index (χ3v) is 1.72. The van der Waals surface area contributed by atoms with Gasteiger partial charge in [-0.05, 0) is 31.8 Å². The average molecular weight is 158 g/mol. The van der Waals surface area contributed by atoms with E-state index in [1.165, 1.54) is 0 Å². The zero-order valence-corrected chi connectivity index (χ0v) is 8.06. The largest absolute Gasteiger partial charge is 0.328 e. The zero-order chi connectivity index (χ0) is 8.69. The summed E-state index contributed by atoms with van der Waals surface area (Å²) in [5.41, 5.74) is 5.88. The topological polar surface area (TPSA) is 38.0 Å². The van der Waals surface area contributed by atoms with Crippen LogP contribution in [0.25, 0.3) is 0 Å². The fourth-order valence-corrected chi connectivity index (χ4v) is 1.19. The van der Waals surface area contributed by atoms with Crippen molar-refractivity contribution < 1.29 is 0 Å². The molecule has 68 valence electrons. The van der Waals surface area contributed by atoms with Gasteiger partial charge in [-0.25, -0.2) is 0 Å². The van der Waals surface area contributed by atoms with Gasteiger partial charge in [-0.3, -0.25) is 0 Å². The third-order valence-electron chi connectivity index (χ3n) is 1.72. The molecule has 11 heavy (non-hydrogen) atoms. The second kappa shape index (κ2) is 6.62. The molecule has 0 spiro atoms. The first kappa shape index (κ1) is 10.9. The Balaban J connectivity index is 3.15. The molecule has 0 rings (SSSR count). The Bertz CT molecular complexity index is 81.6. The third kappa shape index (κ3) is 7.82. The molecule has 1 atom stereocenters. The van der Waals surface area contributed by atoms with Crippen LogP contribution in [0.1, 0.15) is 33.6 Å². The van der Waals surface area contributed by atoms with Gasteiger partial charge >= 0.3 is 0 Å². The van der Waals surface area contributed by atoms with E-state index in [9.17, 15) is 0 Å². The van der Waals surface area contributed by atoms with Crippen molar-refractivity contribution in [3.63, 3.8) is 0 Å². The Kier molecular flexibility index (Phi) is 6.57. The monoisotopic (exact) mass is 158 g/mol. The minimum atomic E-state index is 0.383. The highest BCUT2D eigenvalue weighted by Gasteiger charge is 2.03. The lowest BCUT2D eigenvalue weighted by molar-refractivity contribution is 0.463. The van der Waals surface area contributed by atoms with E-state index in [1.54, 1.807) is 0 Å². The van der Waals surface area contributed by atoms with Gasteiger partial charge in [0, 0.05) is 6.04 Å². The van der Waals surface area contributed by atoms with Crippen LogP contribution in [0, 0.1) is 5.92 Å². The molecule has 0 saturated carbocycles. The molecule has 0 amide bonds. The number of hydrogen-bond acceptors (Lipinski definition) is 2. The Morgan fingerprint density at radius 1 is 1.36 bits per heavy atom. The summed E-state index contributed by atoms with van der Waals surface area (Å²) in [6, 6.07) is 0.383. The lowest BCUT2D eigenvalue weighted by atomic mass is 10.0. The first-order valence-electron chi connectivity index (χ1n) is 4.63. The molecular formula is C9H22N2. The van der Waals surface area contributed by atoms with Crippen LogP contribution in [0.4, 0.5) is 0 Å². The molecule has 0 fully saturated rings. The normalized spacial score (nSPS) is 13.9. The van der Waals surface area contributed by atoms with E-state index in [0.717, 1.165) is 31.8 Å². The fourth-order valence-electron chi connectivity index (χ4n) is 1.19. The summed E-state index contributed by atoms with van der Waals surface area (Å²) in [6.45, 7) is 8.66. The molecule has 0 aliphatic rings. The number of nitrogens with two attached hydrogens (primary N) is 1. The summed E-state index contributed by atoms with van der Waals surface area (Å²) in [5, 5.41) is 3.27. The molecule has 2 heteroatoms. The highest BCUT2D eigenvalue weighted by molar-refractivity contribution is 4.64. The van der Waals surface area contributed by atoms with E-state index in [2.05, 4.69) is 26.1 Å². The van der Waals surface area contributed by atoms with Gasteiger partial charge < -0.3 is 11.1 Å². The summed E-state index contributed by atoms with van der Waals surface area (Å²) in [5.74, 6) is 0.728. The van der Waals surface area contributed by atoms with Gasteiger partial charge in [0.1, 0.15) is 0 Å². The van der Waals surface area contributed by atoms with Crippen molar-refractivity contribution in [2.24, 2.45) is 11.7 Å². The molecule has 3 N–H and O–H groups in total. The Morgan fingerprint density at radius 2 is 2.00 bits per heavy atom. The molecule has 0 aromatic rings. The second-order valence-corrected chi connectivity index (χ2v) is 3.53. The van der Waals surface area contributed by atoms with Crippen molar-refractivity contribution in [3.05, 3.63) is 0 Å². The first-order chi connectivity index (χ1) is 5.16. The Morgan fingerprint density at radius 3 is 2.45 bits per heavy atom. The van der Waals surface area contributed by atoms with Crippen LogP contribution in [-0.2, 0) is 0 Å². The van der Waals surface area contributed by atoms with Crippen molar-refractivity contribution in [3.8, 4) is 0 Å². The maximum atomic E-state index is 5.88. The van der Waals surface area contributed by atoms with Crippen molar-refractivity contribution >= 4 is 0 Å². The van der Waals surface area contributed by atoms with Crippen LogP contribution in [0.15, 0.2) is 0 Å². The summed E-state index contributed by atoms with van der Waals surface area (Å²) in [7, 11) is 0. The van der Waals surface area contributed by atoms with E-state index in [-0.39, 0.29) is 0 Å². The molecule has 0 heterocycles. The fraction of sp³-hybridized carbons (Fsp3) is 1.00. The lowest BCUT2D eigenvalue weighted by Crippen LogP contribution is -2.27. The quantitative estimate of drug-likeness (QED) is 0.573. The minimum absolute atomic E-state index is 0.383. The predicted octanol–water partition coefficient (Wildman–Crippen LogP) is 1.36. The maximum Gasteiger partial charge on any atom is 0.00533 e. The van der Waals surface area contributed by atoms with E-state index < -0.39 is 0 Å². The summed E-state index contributed by atoms with van der Waals surface area (Å²) < 4.78 is 0. The standard InChI is InChI=1S/C9H22N2/c1-4-11-6-5-9(10)7-8(2)3/h8-9,11H,4-7,10H2,1-3H3/t9-/m1/s1. The highest BCUT2D eigenvalue weighted by atomic mass is 14.8. The molecule has 0 saturated heterocycles. The van der Waals surface area contributed by atoms with E-state index in [4.69, 9.17) is 5.73 Å². The summed E-state index contributed by atoms with van der Waals surface area (Å²) in [6.07, 6.45) is 2.25. The Hall–Kier alpha value is -0.0800. The van der Waals surface area contributed by atoms with E-state index >= 15 is 0 Å². The molecule has 0 unspecified atom stereocenters. The minimum Gasteiger partial charge on any atom is -0.328 e. The van der Waals surface area contributed by atoms with E-state index in [1.807, 2.05) is 0 Å². The maximum absolute atomic E-state index is 5.88. The van der Waals surface area contributed by atoms with Crippen LogP contribution < -0.4 is 11.1 Å². The van der Waals surface area contributed by atoms with Gasteiger partial charge in [-0.15, -0.1) is 0 Å². The number of rotatable bonds is 6. The zero-order valence-electron chi connectivity index (χ0n) is 8.06. The van der Waals surface area contributed by atoms with Crippen molar-refractivity contribution in [1.82, 2.24) is 5.32 Å². The van der Waals surface area contributed by atoms with Gasteiger partial charge in [-0.2, -0.15) is 0 Å². The molecule has 0 aliphatic heterocycles. The molecule has 0 aliphatic carbocycles. The lowest BCUT2D eigenvalue weighted by Gasteiger charge is -2.13. The van der Waals surface area contributed by atoms with Crippen molar-refractivity contribution in [2.45, 2.75) is 39.7 Å². The first-order valence-corrected chi connectivity index (χ1v) is 4.63. The van der Waals surface area contributed by atoms with Gasteiger partial charge in [0.15, 0.2) is 0 Å². The SMILES string of the molecule is CCNCC[C@@H](N)CC(C)C. The molecular weight excluding hydrogens is 136 g/mol. The van der Waals surface area contributed by atoms with Crippen LogP contribution in [0.5, 0.6) is 0 Å². The Labute approximate surface area is 70.5 Å². The van der Waals surface area contributed by atoms with Gasteiger partial charge in [0.25, 0.3) is 0 Å².